The number of hydrogen-bond donors (Lipinski definition) is 2. The van der Waals surface area contributed by atoms with Gasteiger partial charge in [0.1, 0.15) is 16.5 Å². The summed E-state index contributed by atoms with van der Waals surface area (Å²) in [5.74, 6) is 1.20. The van der Waals surface area contributed by atoms with Crippen molar-refractivity contribution in [3.63, 3.8) is 0 Å². The van der Waals surface area contributed by atoms with Crippen LogP contribution in [0, 0.1) is 6.92 Å². The second kappa shape index (κ2) is 5.82. The lowest BCUT2D eigenvalue weighted by Gasteiger charge is -2.13. The molecule has 19 heavy (non-hydrogen) atoms. The maximum Gasteiger partial charge on any atom is 0.137 e. The van der Waals surface area contributed by atoms with E-state index in [4.69, 9.17) is 22.7 Å². The summed E-state index contributed by atoms with van der Waals surface area (Å²) in [4.78, 5) is 0.292. The molecule has 2 aromatic rings. The van der Waals surface area contributed by atoms with Gasteiger partial charge in [0.05, 0.1) is 12.2 Å². The molecule has 3 nitrogen and oxygen atoms in total. The molecule has 0 aliphatic heterocycles. The zero-order valence-corrected chi connectivity index (χ0v) is 11.4. The monoisotopic (exact) mass is 273 g/mol. The van der Waals surface area contributed by atoms with Crippen LogP contribution in [0.25, 0.3) is 0 Å². The van der Waals surface area contributed by atoms with Crippen molar-refractivity contribution in [2.24, 2.45) is 5.73 Å². The second-order valence-electron chi connectivity index (χ2n) is 4.23. The Kier molecular flexibility index (Phi) is 4.14. The molecule has 0 atom stereocenters. The molecule has 0 spiro atoms. The highest BCUT2D eigenvalue weighted by Gasteiger charge is 2.10. The lowest BCUT2D eigenvalue weighted by Crippen LogP contribution is -2.11. The van der Waals surface area contributed by atoms with E-state index < -0.39 is 0 Å². The fourth-order valence-corrected chi connectivity index (χ4v) is 1.94. The molecule has 0 heterocycles. The predicted octanol–water partition coefficient (Wildman–Crippen LogP) is 2.91. The number of benzene rings is 2. The summed E-state index contributed by atoms with van der Waals surface area (Å²) in [7, 11) is 0. The lowest BCUT2D eigenvalue weighted by molar-refractivity contribution is 0.276. The van der Waals surface area contributed by atoms with Crippen LogP contribution in [0.4, 0.5) is 0 Å². The minimum Gasteiger partial charge on any atom is -0.456 e. The largest absolute Gasteiger partial charge is 0.456 e. The van der Waals surface area contributed by atoms with Crippen LogP contribution in [0.1, 0.15) is 16.7 Å². The van der Waals surface area contributed by atoms with Crippen LogP contribution < -0.4 is 10.5 Å². The molecule has 0 aromatic heterocycles. The van der Waals surface area contributed by atoms with Gasteiger partial charge in [-0.15, -0.1) is 0 Å². The van der Waals surface area contributed by atoms with E-state index in [1.807, 2.05) is 43.3 Å². The number of hydrogen-bond acceptors (Lipinski definition) is 3. The minimum absolute atomic E-state index is 0.0789. The van der Waals surface area contributed by atoms with Gasteiger partial charge in [-0.05, 0) is 25.1 Å². The number of thiocarbonyl (C=S) groups is 1. The van der Waals surface area contributed by atoms with Crippen molar-refractivity contribution in [3.8, 4) is 11.5 Å². The molecular weight excluding hydrogens is 258 g/mol. The fraction of sp³-hybridized carbons (Fsp3) is 0.133. The van der Waals surface area contributed by atoms with Crippen molar-refractivity contribution in [2.45, 2.75) is 13.5 Å². The highest BCUT2D eigenvalue weighted by Crippen LogP contribution is 2.28. The first-order valence-corrected chi connectivity index (χ1v) is 6.29. The zero-order valence-electron chi connectivity index (χ0n) is 10.6. The van der Waals surface area contributed by atoms with Crippen LogP contribution in [-0.2, 0) is 6.61 Å². The van der Waals surface area contributed by atoms with Crippen LogP contribution in [-0.4, -0.2) is 10.1 Å². The summed E-state index contributed by atoms with van der Waals surface area (Å²) in [6, 6.07) is 13.0. The molecule has 98 valence electrons. The summed E-state index contributed by atoms with van der Waals surface area (Å²) in [6.07, 6.45) is 0. The number of nitrogens with two attached hydrogens (primary N) is 1. The normalized spacial score (nSPS) is 10.2. The van der Waals surface area contributed by atoms with Gasteiger partial charge in [0.15, 0.2) is 0 Å². The van der Waals surface area contributed by atoms with Gasteiger partial charge in [0.25, 0.3) is 0 Å². The van der Waals surface area contributed by atoms with E-state index in [0.717, 1.165) is 11.1 Å². The van der Waals surface area contributed by atoms with Gasteiger partial charge in [0, 0.05) is 5.56 Å². The fourth-order valence-electron chi connectivity index (χ4n) is 1.78. The number of aliphatic hydroxyl groups is 1. The second-order valence-corrected chi connectivity index (χ2v) is 4.67. The summed E-state index contributed by atoms with van der Waals surface area (Å²) < 4.78 is 5.82. The van der Waals surface area contributed by atoms with Crippen molar-refractivity contribution in [3.05, 3.63) is 59.2 Å². The molecule has 0 saturated carbocycles. The van der Waals surface area contributed by atoms with Crippen LogP contribution in [0.3, 0.4) is 0 Å². The molecule has 2 rings (SSSR count). The Labute approximate surface area is 117 Å². The Bertz CT molecular complexity index is 611. The minimum atomic E-state index is -0.0789. The maximum atomic E-state index is 9.29. The highest BCUT2D eigenvalue weighted by atomic mass is 32.1. The van der Waals surface area contributed by atoms with Gasteiger partial charge in [-0.3, -0.25) is 0 Å². The van der Waals surface area contributed by atoms with Gasteiger partial charge in [0.2, 0.25) is 0 Å². The molecule has 0 aliphatic carbocycles. The van der Waals surface area contributed by atoms with E-state index in [9.17, 15) is 5.11 Å². The molecule has 0 unspecified atom stereocenters. The van der Waals surface area contributed by atoms with Crippen molar-refractivity contribution < 1.29 is 9.84 Å². The van der Waals surface area contributed by atoms with Crippen molar-refractivity contribution in [1.29, 1.82) is 0 Å². The summed E-state index contributed by atoms with van der Waals surface area (Å²) in [5, 5.41) is 9.29. The van der Waals surface area contributed by atoms with Crippen molar-refractivity contribution >= 4 is 17.2 Å². The first kappa shape index (κ1) is 13.5. The standard InChI is InChI=1S/C15H15NO2S/c1-10-6-7-14(12(8-10)15(16)19)18-13-5-3-2-4-11(13)9-17/h2-8,17H,9H2,1H3,(H2,16,19). The molecule has 4 heteroatoms. The number of ether oxygens (including phenoxy) is 1. The average Bonchev–Trinajstić information content (AvgIpc) is 2.41. The predicted molar refractivity (Wildman–Crippen MR) is 79.5 cm³/mol. The van der Waals surface area contributed by atoms with Gasteiger partial charge in [-0.1, -0.05) is 42.0 Å². The van der Waals surface area contributed by atoms with Gasteiger partial charge in [-0.2, -0.15) is 0 Å². The molecule has 2 aromatic carbocycles. The van der Waals surface area contributed by atoms with Crippen LogP contribution in [0.2, 0.25) is 0 Å². The Hall–Kier alpha value is -1.91. The third-order valence-corrected chi connectivity index (χ3v) is 2.98. The summed E-state index contributed by atoms with van der Waals surface area (Å²) in [5.41, 5.74) is 8.19. The lowest BCUT2D eigenvalue weighted by atomic mass is 10.1. The Morgan fingerprint density at radius 1 is 1.21 bits per heavy atom. The Morgan fingerprint density at radius 2 is 1.95 bits per heavy atom. The Balaban J connectivity index is 2.41. The number of aliphatic hydroxyl groups excluding tert-OH is 1. The summed E-state index contributed by atoms with van der Waals surface area (Å²) >= 11 is 5.04. The van der Waals surface area contributed by atoms with E-state index in [1.54, 1.807) is 6.07 Å². The first-order chi connectivity index (χ1) is 9.11. The van der Waals surface area contributed by atoms with Crippen molar-refractivity contribution in [2.75, 3.05) is 0 Å². The summed E-state index contributed by atoms with van der Waals surface area (Å²) in [6.45, 7) is 1.89. The molecule has 0 fully saturated rings. The van der Waals surface area contributed by atoms with Crippen LogP contribution >= 0.6 is 12.2 Å². The van der Waals surface area contributed by atoms with E-state index in [1.165, 1.54) is 0 Å². The number of rotatable bonds is 4. The highest BCUT2D eigenvalue weighted by molar-refractivity contribution is 7.80. The van der Waals surface area contributed by atoms with E-state index in [-0.39, 0.29) is 6.61 Å². The van der Waals surface area contributed by atoms with Gasteiger partial charge >= 0.3 is 0 Å². The average molecular weight is 273 g/mol. The molecule has 0 bridgehead atoms. The zero-order chi connectivity index (χ0) is 13.8. The topological polar surface area (TPSA) is 55.5 Å². The van der Waals surface area contributed by atoms with E-state index in [0.29, 0.717) is 22.1 Å². The third-order valence-electron chi connectivity index (χ3n) is 2.76. The molecular formula is C15H15NO2S. The molecule has 3 N–H and O–H groups in total. The van der Waals surface area contributed by atoms with E-state index in [2.05, 4.69) is 0 Å². The molecule has 0 saturated heterocycles. The quantitative estimate of drug-likeness (QED) is 0.841. The number of aryl methyl sites for hydroxylation is 1. The molecule has 0 aliphatic rings. The van der Waals surface area contributed by atoms with E-state index >= 15 is 0 Å². The first-order valence-electron chi connectivity index (χ1n) is 5.89. The SMILES string of the molecule is Cc1ccc(Oc2ccccc2CO)c(C(N)=S)c1. The van der Waals surface area contributed by atoms with Crippen molar-refractivity contribution in [1.82, 2.24) is 0 Å². The molecule has 0 amide bonds. The third kappa shape index (κ3) is 3.10. The van der Waals surface area contributed by atoms with Crippen LogP contribution in [0.5, 0.6) is 11.5 Å². The van der Waals surface area contributed by atoms with Gasteiger partial charge < -0.3 is 15.6 Å². The smallest absolute Gasteiger partial charge is 0.137 e. The van der Waals surface area contributed by atoms with Gasteiger partial charge in [-0.25, -0.2) is 0 Å². The Morgan fingerprint density at radius 3 is 2.63 bits per heavy atom. The van der Waals surface area contributed by atoms with Crippen LogP contribution in [0.15, 0.2) is 42.5 Å². The maximum absolute atomic E-state index is 9.29. The number of para-hydroxylation sites is 1. The molecule has 0 radical (unpaired) electrons.